The van der Waals surface area contributed by atoms with Gasteiger partial charge in [0.1, 0.15) is 5.82 Å². The van der Waals surface area contributed by atoms with Gasteiger partial charge in [0.05, 0.1) is 6.10 Å². The van der Waals surface area contributed by atoms with E-state index in [2.05, 4.69) is 0 Å². The molecule has 1 rings (SSSR count). The summed E-state index contributed by atoms with van der Waals surface area (Å²) >= 11 is 0. The predicted molar refractivity (Wildman–Crippen MR) is 49.8 cm³/mol. The molecule has 3 N–H and O–H groups in total. The molecule has 2 nitrogen and oxygen atoms in total. The van der Waals surface area contributed by atoms with Crippen molar-refractivity contribution >= 4 is 0 Å². The van der Waals surface area contributed by atoms with Crippen molar-refractivity contribution in [3.63, 3.8) is 0 Å². The molecule has 0 spiro atoms. The van der Waals surface area contributed by atoms with Crippen LogP contribution in [-0.2, 0) is 0 Å². The minimum Gasteiger partial charge on any atom is -0.388 e. The quantitative estimate of drug-likeness (QED) is 0.746. The van der Waals surface area contributed by atoms with Gasteiger partial charge in [-0.05, 0) is 37.1 Å². The molecule has 13 heavy (non-hydrogen) atoms. The first-order valence-electron chi connectivity index (χ1n) is 4.29. The van der Waals surface area contributed by atoms with E-state index < -0.39 is 6.10 Å². The van der Waals surface area contributed by atoms with Crippen molar-refractivity contribution in [1.82, 2.24) is 0 Å². The highest BCUT2D eigenvalue weighted by atomic mass is 19.1. The second kappa shape index (κ2) is 4.35. The van der Waals surface area contributed by atoms with Crippen LogP contribution in [0, 0.1) is 12.7 Å². The van der Waals surface area contributed by atoms with Crippen LogP contribution in [0.2, 0.25) is 0 Å². The monoisotopic (exact) mass is 183 g/mol. The highest BCUT2D eigenvalue weighted by molar-refractivity contribution is 5.25. The summed E-state index contributed by atoms with van der Waals surface area (Å²) in [5.74, 6) is -0.247. The molecule has 1 aromatic carbocycles. The fraction of sp³-hybridized carbons (Fsp3) is 0.400. The third-order valence-corrected chi connectivity index (χ3v) is 2.01. The summed E-state index contributed by atoms with van der Waals surface area (Å²) in [4.78, 5) is 0. The van der Waals surface area contributed by atoms with Gasteiger partial charge in [-0.2, -0.15) is 0 Å². The van der Waals surface area contributed by atoms with E-state index in [1.807, 2.05) is 0 Å². The molecule has 0 saturated heterocycles. The van der Waals surface area contributed by atoms with E-state index in [-0.39, 0.29) is 5.82 Å². The average molecular weight is 183 g/mol. The summed E-state index contributed by atoms with van der Waals surface area (Å²) in [5, 5.41) is 9.53. The van der Waals surface area contributed by atoms with E-state index in [0.717, 1.165) is 5.56 Å². The van der Waals surface area contributed by atoms with Gasteiger partial charge in [-0.15, -0.1) is 0 Å². The van der Waals surface area contributed by atoms with Gasteiger partial charge < -0.3 is 10.8 Å². The van der Waals surface area contributed by atoms with Crippen molar-refractivity contribution in [1.29, 1.82) is 0 Å². The smallest absolute Gasteiger partial charge is 0.126 e. The lowest BCUT2D eigenvalue weighted by Crippen LogP contribution is -2.06. The fourth-order valence-corrected chi connectivity index (χ4v) is 1.20. The van der Waals surface area contributed by atoms with E-state index in [0.29, 0.717) is 18.5 Å². The Morgan fingerprint density at radius 3 is 2.77 bits per heavy atom. The van der Waals surface area contributed by atoms with Gasteiger partial charge in [0.15, 0.2) is 0 Å². The first-order valence-corrected chi connectivity index (χ1v) is 4.29. The number of rotatable bonds is 3. The maximum Gasteiger partial charge on any atom is 0.126 e. The van der Waals surface area contributed by atoms with E-state index >= 15 is 0 Å². The zero-order valence-electron chi connectivity index (χ0n) is 7.63. The molecule has 0 aliphatic heterocycles. The van der Waals surface area contributed by atoms with Crippen molar-refractivity contribution in [2.45, 2.75) is 19.4 Å². The SMILES string of the molecule is Cc1cc(C(O)CCN)ccc1F. The van der Waals surface area contributed by atoms with Crippen LogP contribution in [0.5, 0.6) is 0 Å². The molecule has 1 aromatic rings. The van der Waals surface area contributed by atoms with E-state index in [1.54, 1.807) is 19.1 Å². The number of nitrogens with two attached hydrogens (primary N) is 1. The first-order chi connectivity index (χ1) is 6.15. The Bertz CT molecular complexity index is 288. The Labute approximate surface area is 77.2 Å². The van der Waals surface area contributed by atoms with Crippen LogP contribution in [-0.4, -0.2) is 11.7 Å². The molecule has 1 atom stereocenters. The van der Waals surface area contributed by atoms with Gasteiger partial charge in [0, 0.05) is 0 Å². The zero-order valence-corrected chi connectivity index (χ0v) is 7.63. The summed E-state index contributed by atoms with van der Waals surface area (Å²) in [6.45, 7) is 2.10. The van der Waals surface area contributed by atoms with Gasteiger partial charge in [0.2, 0.25) is 0 Å². The summed E-state index contributed by atoms with van der Waals surface area (Å²) < 4.78 is 12.8. The first kappa shape index (κ1) is 10.2. The number of aliphatic hydroxyl groups is 1. The van der Waals surface area contributed by atoms with Crippen LogP contribution in [0.1, 0.15) is 23.7 Å². The second-order valence-corrected chi connectivity index (χ2v) is 3.10. The summed E-state index contributed by atoms with van der Waals surface area (Å²) in [6, 6.07) is 4.60. The van der Waals surface area contributed by atoms with E-state index in [4.69, 9.17) is 5.73 Å². The number of hydrogen-bond acceptors (Lipinski definition) is 2. The largest absolute Gasteiger partial charge is 0.388 e. The fourth-order valence-electron chi connectivity index (χ4n) is 1.20. The van der Waals surface area contributed by atoms with Crippen LogP contribution in [0.4, 0.5) is 4.39 Å². The maximum atomic E-state index is 12.8. The predicted octanol–water partition coefficient (Wildman–Crippen LogP) is 1.52. The molecule has 0 amide bonds. The summed E-state index contributed by atoms with van der Waals surface area (Å²) in [6.07, 6.45) is -0.0743. The molecule has 72 valence electrons. The van der Waals surface area contributed by atoms with Crippen LogP contribution in [0.3, 0.4) is 0 Å². The minimum absolute atomic E-state index is 0.247. The minimum atomic E-state index is -0.579. The van der Waals surface area contributed by atoms with Crippen molar-refractivity contribution in [2.75, 3.05) is 6.54 Å². The molecule has 3 heteroatoms. The molecule has 0 radical (unpaired) electrons. The van der Waals surface area contributed by atoms with Gasteiger partial charge in [-0.1, -0.05) is 12.1 Å². The van der Waals surface area contributed by atoms with Crippen molar-refractivity contribution < 1.29 is 9.50 Å². The Morgan fingerprint density at radius 2 is 2.23 bits per heavy atom. The molecule has 0 aliphatic carbocycles. The summed E-state index contributed by atoms with van der Waals surface area (Å²) in [5.41, 5.74) is 6.58. The molecule has 0 aliphatic rings. The van der Waals surface area contributed by atoms with Gasteiger partial charge in [0.25, 0.3) is 0 Å². The Kier molecular flexibility index (Phi) is 3.39. The molecule has 0 saturated carbocycles. The standard InChI is InChI=1S/C10H14FNO/c1-7-6-8(2-3-9(7)11)10(13)4-5-12/h2-3,6,10,13H,4-5,12H2,1H3. The number of halogens is 1. The molecule has 0 heterocycles. The van der Waals surface area contributed by atoms with Crippen molar-refractivity contribution in [3.05, 3.63) is 35.1 Å². The lowest BCUT2D eigenvalue weighted by atomic mass is 10.0. The third kappa shape index (κ3) is 2.50. The number of benzene rings is 1. The molecular formula is C10H14FNO. The van der Waals surface area contributed by atoms with E-state index in [9.17, 15) is 9.50 Å². The lowest BCUT2D eigenvalue weighted by molar-refractivity contribution is 0.170. The second-order valence-electron chi connectivity index (χ2n) is 3.10. The molecule has 0 fully saturated rings. The highest BCUT2D eigenvalue weighted by Crippen LogP contribution is 2.18. The normalized spacial score (nSPS) is 12.9. The number of aliphatic hydroxyl groups excluding tert-OH is 1. The lowest BCUT2D eigenvalue weighted by Gasteiger charge is -2.10. The van der Waals surface area contributed by atoms with Crippen molar-refractivity contribution in [3.8, 4) is 0 Å². The highest BCUT2D eigenvalue weighted by Gasteiger charge is 2.07. The molecule has 0 aromatic heterocycles. The summed E-state index contributed by atoms with van der Waals surface area (Å²) in [7, 11) is 0. The van der Waals surface area contributed by atoms with Gasteiger partial charge in [-0.25, -0.2) is 4.39 Å². The molecule has 0 bridgehead atoms. The van der Waals surface area contributed by atoms with Gasteiger partial charge >= 0.3 is 0 Å². The Hall–Kier alpha value is -0.930. The Balaban J connectivity index is 2.84. The topological polar surface area (TPSA) is 46.2 Å². The maximum absolute atomic E-state index is 12.8. The molecular weight excluding hydrogens is 169 g/mol. The van der Waals surface area contributed by atoms with Crippen LogP contribution in [0.25, 0.3) is 0 Å². The Morgan fingerprint density at radius 1 is 1.54 bits per heavy atom. The van der Waals surface area contributed by atoms with Gasteiger partial charge in [-0.3, -0.25) is 0 Å². The van der Waals surface area contributed by atoms with E-state index in [1.165, 1.54) is 6.07 Å². The third-order valence-electron chi connectivity index (χ3n) is 2.01. The molecule has 1 unspecified atom stereocenters. The average Bonchev–Trinajstić information content (AvgIpc) is 2.10. The van der Waals surface area contributed by atoms with Crippen LogP contribution in [0.15, 0.2) is 18.2 Å². The van der Waals surface area contributed by atoms with Crippen molar-refractivity contribution in [2.24, 2.45) is 5.73 Å². The number of aryl methyl sites for hydroxylation is 1. The van der Waals surface area contributed by atoms with Crippen LogP contribution >= 0.6 is 0 Å². The van der Waals surface area contributed by atoms with Crippen LogP contribution < -0.4 is 5.73 Å². The number of hydrogen-bond donors (Lipinski definition) is 2. The zero-order chi connectivity index (χ0) is 9.84.